The molecular weight excluding hydrogens is 356 g/mol. The van der Waals surface area contributed by atoms with E-state index in [4.69, 9.17) is 16.2 Å². The van der Waals surface area contributed by atoms with Gasteiger partial charge in [-0.1, -0.05) is 72.8 Å². The van der Waals surface area contributed by atoms with Crippen molar-refractivity contribution in [2.24, 2.45) is 11.5 Å². The fraction of sp³-hybridized carbons (Fsp3) is 0.231. The van der Waals surface area contributed by atoms with Crippen LogP contribution in [0.15, 0.2) is 96.1 Å². The van der Waals surface area contributed by atoms with E-state index in [0.717, 1.165) is 0 Å². The summed E-state index contributed by atoms with van der Waals surface area (Å²) in [5, 5.41) is 0. The summed E-state index contributed by atoms with van der Waals surface area (Å²) in [5.74, 6) is 0. The number of rotatable bonds is 4. The van der Waals surface area contributed by atoms with Crippen LogP contribution in [0.25, 0.3) is 11.1 Å². The molecule has 4 N–H and O–H groups in total. The minimum Gasteiger partial charge on any atom is -0.332 e. The van der Waals surface area contributed by atoms with Crippen molar-refractivity contribution in [1.29, 1.82) is 0 Å². The fourth-order valence-electron chi connectivity index (χ4n) is 4.11. The van der Waals surface area contributed by atoms with Crippen molar-refractivity contribution in [2.75, 3.05) is 0 Å². The van der Waals surface area contributed by atoms with E-state index in [0.29, 0.717) is 12.8 Å². The lowest BCUT2D eigenvalue weighted by Gasteiger charge is -2.41. The van der Waals surface area contributed by atoms with Crippen molar-refractivity contribution in [1.82, 2.24) is 0 Å². The molecule has 2 aliphatic rings. The van der Waals surface area contributed by atoms with Crippen LogP contribution in [0.4, 0.5) is 0 Å². The van der Waals surface area contributed by atoms with Crippen LogP contribution >= 0.6 is 0 Å². The minimum atomic E-state index is -0.961. The molecule has 0 aromatic heterocycles. The zero-order valence-electron chi connectivity index (χ0n) is 17.1. The molecule has 0 radical (unpaired) electrons. The SMILES string of the molecule is CC1=C(c2ccccc2)CC(N)(OC2(N)C=CC(C)=C(c3ccccc3)C2)C=C1. The maximum Gasteiger partial charge on any atom is 0.143 e. The largest absolute Gasteiger partial charge is 0.332 e. The summed E-state index contributed by atoms with van der Waals surface area (Å²) in [6.45, 7) is 4.22. The van der Waals surface area contributed by atoms with Crippen LogP contribution in [0.1, 0.15) is 37.8 Å². The van der Waals surface area contributed by atoms with Gasteiger partial charge in [0.15, 0.2) is 0 Å². The van der Waals surface area contributed by atoms with Crippen LogP contribution in [-0.2, 0) is 4.74 Å². The van der Waals surface area contributed by atoms with Gasteiger partial charge in [0.1, 0.15) is 11.4 Å². The Hall–Kier alpha value is -2.72. The Kier molecular flexibility index (Phi) is 5.13. The Morgan fingerprint density at radius 2 is 1.03 bits per heavy atom. The molecule has 29 heavy (non-hydrogen) atoms. The quantitative estimate of drug-likeness (QED) is 0.714. The topological polar surface area (TPSA) is 61.3 Å². The van der Waals surface area contributed by atoms with E-state index in [9.17, 15) is 0 Å². The molecule has 0 bridgehead atoms. The summed E-state index contributed by atoms with van der Waals surface area (Å²) < 4.78 is 6.42. The third-order valence-electron chi connectivity index (χ3n) is 5.71. The second kappa shape index (κ2) is 7.60. The zero-order chi connectivity index (χ0) is 20.5. The number of benzene rings is 2. The van der Waals surface area contributed by atoms with Crippen LogP contribution in [-0.4, -0.2) is 11.4 Å². The van der Waals surface area contributed by atoms with Gasteiger partial charge in [-0.2, -0.15) is 0 Å². The molecule has 0 fully saturated rings. The van der Waals surface area contributed by atoms with Gasteiger partial charge in [0.25, 0.3) is 0 Å². The van der Waals surface area contributed by atoms with Gasteiger partial charge in [0.2, 0.25) is 0 Å². The third-order valence-corrected chi connectivity index (χ3v) is 5.71. The van der Waals surface area contributed by atoms with Crippen LogP contribution < -0.4 is 11.5 Å². The van der Waals surface area contributed by atoms with Gasteiger partial charge in [0.05, 0.1) is 0 Å². The lowest BCUT2D eigenvalue weighted by molar-refractivity contribution is -0.0978. The Morgan fingerprint density at radius 1 is 0.655 bits per heavy atom. The first-order chi connectivity index (χ1) is 13.9. The standard InChI is InChI=1S/C26H28N2O/c1-19-13-15-25(27,17-23(19)21-9-5-3-6-10-21)29-26(28)16-14-20(2)24(18-26)22-11-7-4-8-12-22/h3-16H,17-18,27-28H2,1-2H3. The van der Waals surface area contributed by atoms with Crippen molar-refractivity contribution in [3.63, 3.8) is 0 Å². The maximum atomic E-state index is 6.71. The second-order valence-corrected chi connectivity index (χ2v) is 8.09. The first-order valence-corrected chi connectivity index (χ1v) is 10.0. The highest BCUT2D eigenvalue weighted by Gasteiger charge is 2.38. The summed E-state index contributed by atoms with van der Waals surface area (Å²) in [4.78, 5) is 0. The summed E-state index contributed by atoms with van der Waals surface area (Å²) >= 11 is 0. The van der Waals surface area contributed by atoms with E-state index >= 15 is 0 Å². The Labute approximate surface area is 173 Å². The minimum absolute atomic E-state index is 0.579. The van der Waals surface area contributed by atoms with E-state index < -0.39 is 11.4 Å². The fourth-order valence-corrected chi connectivity index (χ4v) is 4.11. The van der Waals surface area contributed by atoms with E-state index in [-0.39, 0.29) is 0 Å². The smallest absolute Gasteiger partial charge is 0.143 e. The van der Waals surface area contributed by atoms with Gasteiger partial charge in [-0.15, -0.1) is 0 Å². The van der Waals surface area contributed by atoms with Gasteiger partial charge in [-0.25, -0.2) is 0 Å². The molecule has 3 heteroatoms. The molecule has 2 aliphatic carbocycles. The summed E-state index contributed by atoms with van der Waals surface area (Å²) in [6, 6.07) is 20.6. The first-order valence-electron chi connectivity index (χ1n) is 10.0. The van der Waals surface area contributed by atoms with Gasteiger partial charge in [-0.05, 0) is 59.4 Å². The van der Waals surface area contributed by atoms with Gasteiger partial charge in [0, 0.05) is 12.8 Å². The number of allylic oxidation sites excluding steroid dienone is 4. The third kappa shape index (κ3) is 4.18. The van der Waals surface area contributed by atoms with Gasteiger partial charge >= 0.3 is 0 Å². The number of ether oxygens (including phenoxy) is 1. The highest BCUT2D eigenvalue weighted by molar-refractivity contribution is 5.74. The van der Waals surface area contributed by atoms with Gasteiger partial charge in [-0.3, -0.25) is 11.5 Å². The Bertz CT molecular complexity index is 934. The number of hydrogen-bond donors (Lipinski definition) is 2. The Morgan fingerprint density at radius 3 is 1.41 bits per heavy atom. The van der Waals surface area contributed by atoms with E-state index in [1.165, 1.54) is 33.4 Å². The second-order valence-electron chi connectivity index (χ2n) is 8.09. The van der Waals surface area contributed by atoms with E-state index in [1.807, 2.05) is 60.7 Å². The molecule has 2 aromatic carbocycles. The summed E-state index contributed by atoms with van der Waals surface area (Å²) in [6.07, 6.45) is 9.11. The van der Waals surface area contributed by atoms with E-state index in [2.05, 4.69) is 38.1 Å². The number of nitrogens with two attached hydrogens (primary N) is 2. The monoisotopic (exact) mass is 384 g/mol. The molecule has 0 amide bonds. The van der Waals surface area contributed by atoms with Gasteiger partial charge < -0.3 is 4.74 Å². The van der Waals surface area contributed by atoms with Crippen LogP contribution in [0.2, 0.25) is 0 Å². The molecule has 0 spiro atoms. The molecular formula is C26H28N2O. The zero-order valence-corrected chi connectivity index (χ0v) is 17.1. The molecule has 4 rings (SSSR count). The molecule has 0 saturated carbocycles. The molecule has 0 saturated heterocycles. The molecule has 0 aliphatic heterocycles. The maximum absolute atomic E-state index is 6.71. The van der Waals surface area contributed by atoms with Crippen molar-refractivity contribution < 1.29 is 4.74 Å². The lowest BCUT2D eigenvalue weighted by atomic mass is 9.85. The molecule has 148 valence electrons. The molecule has 2 atom stereocenters. The normalized spacial score (nSPS) is 26.9. The average molecular weight is 385 g/mol. The van der Waals surface area contributed by atoms with E-state index in [1.54, 1.807) is 0 Å². The predicted molar refractivity (Wildman–Crippen MR) is 121 cm³/mol. The van der Waals surface area contributed by atoms with Crippen molar-refractivity contribution >= 4 is 11.1 Å². The first kappa shape index (κ1) is 19.6. The highest BCUT2D eigenvalue weighted by Crippen LogP contribution is 2.39. The van der Waals surface area contributed by atoms with Crippen molar-refractivity contribution in [3.05, 3.63) is 107 Å². The lowest BCUT2D eigenvalue weighted by Crippen LogP contribution is -2.54. The van der Waals surface area contributed by atoms with Crippen LogP contribution in [0, 0.1) is 0 Å². The highest BCUT2D eigenvalue weighted by atomic mass is 16.5. The number of hydrogen-bond acceptors (Lipinski definition) is 3. The van der Waals surface area contributed by atoms with Crippen LogP contribution in [0.3, 0.4) is 0 Å². The van der Waals surface area contributed by atoms with Crippen molar-refractivity contribution in [2.45, 2.75) is 38.1 Å². The Balaban J connectivity index is 1.58. The molecule has 2 unspecified atom stereocenters. The average Bonchev–Trinajstić information content (AvgIpc) is 2.73. The molecule has 3 nitrogen and oxygen atoms in total. The summed E-state index contributed by atoms with van der Waals surface area (Å²) in [7, 11) is 0. The predicted octanol–water partition coefficient (Wildman–Crippen LogP) is 5.18. The molecule has 2 aromatic rings. The summed E-state index contributed by atoms with van der Waals surface area (Å²) in [5.41, 5.74) is 18.6. The van der Waals surface area contributed by atoms with Crippen LogP contribution in [0.5, 0.6) is 0 Å². The molecule has 0 heterocycles. The van der Waals surface area contributed by atoms with Crippen molar-refractivity contribution in [3.8, 4) is 0 Å².